The Bertz CT molecular complexity index is 1340. The Labute approximate surface area is 224 Å². The van der Waals surface area contributed by atoms with Crippen molar-refractivity contribution in [3.8, 4) is 5.75 Å². The van der Waals surface area contributed by atoms with Crippen LogP contribution in [0.3, 0.4) is 0 Å². The average Bonchev–Trinajstić information content (AvgIpc) is 3.58. The van der Waals surface area contributed by atoms with Gasteiger partial charge < -0.3 is 15.0 Å². The van der Waals surface area contributed by atoms with E-state index in [9.17, 15) is 4.79 Å². The topological polar surface area (TPSA) is 79.4 Å². The first-order chi connectivity index (χ1) is 18.6. The Hall–Kier alpha value is -3.41. The lowest BCUT2D eigenvalue weighted by Gasteiger charge is -2.57. The number of imidazole rings is 1. The highest BCUT2D eigenvalue weighted by molar-refractivity contribution is 5.97. The standard InChI is InChI=1S/C32H36N4O2/c37-31(34-10-1-2-21-9-11-33-19-21)25-3-8-28-29(15-25)36-30(35-28)20-38-27-6-4-26(5-7-27)32-16-22-12-23(17-32)14-24(13-22)18-32/h3-9,11,15,19,21-24H,1-2,10,12-14,16-18,20H2,(H,34,37)(H,35,36). The predicted octanol–water partition coefficient (Wildman–Crippen LogP) is 6.33. The highest BCUT2D eigenvalue weighted by Crippen LogP contribution is 2.60. The quantitative estimate of drug-likeness (QED) is 0.331. The van der Waals surface area contributed by atoms with Crippen molar-refractivity contribution in [3.05, 3.63) is 71.7 Å². The summed E-state index contributed by atoms with van der Waals surface area (Å²) in [6.45, 7) is 1.02. The van der Waals surface area contributed by atoms with E-state index in [0.29, 0.717) is 30.0 Å². The second-order valence-corrected chi connectivity index (χ2v) is 12.1. The summed E-state index contributed by atoms with van der Waals surface area (Å²) in [6, 6.07) is 14.5. The number of hydrogen-bond donors (Lipinski definition) is 2. The van der Waals surface area contributed by atoms with Gasteiger partial charge in [0.1, 0.15) is 18.2 Å². The zero-order valence-electron chi connectivity index (χ0n) is 21.9. The molecule has 0 spiro atoms. The van der Waals surface area contributed by atoms with Crippen LogP contribution in [0.1, 0.15) is 73.1 Å². The number of aromatic nitrogens is 2. The Morgan fingerprint density at radius 3 is 2.50 bits per heavy atom. The molecule has 196 valence electrons. The molecule has 1 aromatic heterocycles. The first-order valence-electron chi connectivity index (χ1n) is 14.3. The monoisotopic (exact) mass is 508 g/mol. The number of ether oxygens (including phenoxy) is 1. The second kappa shape index (κ2) is 9.72. The van der Waals surface area contributed by atoms with Crippen molar-refractivity contribution in [2.45, 2.75) is 63.4 Å². The summed E-state index contributed by atoms with van der Waals surface area (Å²) in [5, 5.41) is 3.02. The molecular weight excluding hydrogens is 472 g/mol. The van der Waals surface area contributed by atoms with Gasteiger partial charge in [-0.05, 0) is 110 Å². The van der Waals surface area contributed by atoms with Crippen molar-refractivity contribution in [2.24, 2.45) is 28.7 Å². The molecule has 0 radical (unpaired) electrons. The van der Waals surface area contributed by atoms with Gasteiger partial charge in [-0.15, -0.1) is 0 Å². The molecule has 8 rings (SSSR count). The molecule has 4 saturated carbocycles. The number of benzene rings is 2. The van der Waals surface area contributed by atoms with E-state index in [1.54, 1.807) is 0 Å². The largest absolute Gasteiger partial charge is 0.486 e. The second-order valence-electron chi connectivity index (χ2n) is 12.1. The van der Waals surface area contributed by atoms with E-state index in [1.165, 1.54) is 44.1 Å². The van der Waals surface area contributed by atoms with Gasteiger partial charge in [0.25, 0.3) is 5.91 Å². The van der Waals surface area contributed by atoms with Gasteiger partial charge in [0.15, 0.2) is 0 Å². The molecule has 1 aliphatic heterocycles. The number of hydrogen-bond acceptors (Lipinski definition) is 4. The molecule has 1 amide bonds. The molecule has 3 aromatic rings. The number of aromatic amines is 1. The number of nitrogens with zero attached hydrogens (tertiary/aromatic N) is 2. The van der Waals surface area contributed by atoms with Crippen molar-refractivity contribution < 1.29 is 9.53 Å². The fraction of sp³-hybridized carbons (Fsp3) is 0.469. The van der Waals surface area contributed by atoms with Crippen LogP contribution < -0.4 is 10.1 Å². The van der Waals surface area contributed by atoms with Crippen molar-refractivity contribution in [1.29, 1.82) is 0 Å². The Balaban J connectivity index is 0.947. The van der Waals surface area contributed by atoms with Crippen LogP contribution in [-0.4, -0.2) is 28.6 Å². The van der Waals surface area contributed by atoms with Gasteiger partial charge in [0.05, 0.1) is 11.0 Å². The number of allylic oxidation sites excluding steroid dienone is 1. The summed E-state index contributed by atoms with van der Waals surface area (Å²) in [7, 11) is 0. The molecule has 2 N–H and O–H groups in total. The molecule has 4 aliphatic carbocycles. The molecule has 1 unspecified atom stereocenters. The molecule has 4 bridgehead atoms. The SMILES string of the molecule is O=C(NCCCC1C=CN=C1)c1ccc2[nH]c(COc3ccc(C45CC6CC(CC(C6)C4)C5)cc3)nc2c1. The average molecular weight is 509 g/mol. The number of nitrogens with one attached hydrogen (secondary N) is 2. The van der Waals surface area contributed by atoms with E-state index < -0.39 is 0 Å². The maximum atomic E-state index is 12.6. The highest BCUT2D eigenvalue weighted by atomic mass is 16.5. The van der Waals surface area contributed by atoms with Gasteiger partial charge in [0, 0.05) is 30.4 Å². The molecule has 6 nitrogen and oxygen atoms in total. The Kier molecular flexibility index (Phi) is 6.06. The summed E-state index contributed by atoms with van der Waals surface area (Å²) in [5.41, 5.74) is 4.24. The predicted molar refractivity (Wildman–Crippen MR) is 149 cm³/mol. The minimum Gasteiger partial charge on any atom is -0.486 e. The van der Waals surface area contributed by atoms with Gasteiger partial charge in [-0.2, -0.15) is 0 Å². The maximum absolute atomic E-state index is 12.6. The van der Waals surface area contributed by atoms with Crippen LogP contribution in [0.25, 0.3) is 11.0 Å². The maximum Gasteiger partial charge on any atom is 0.251 e. The summed E-state index contributed by atoms with van der Waals surface area (Å²) in [6.07, 6.45) is 16.3. The number of H-pyrrole nitrogens is 1. The number of fused-ring (bicyclic) bond motifs is 1. The van der Waals surface area contributed by atoms with Crippen LogP contribution in [0.5, 0.6) is 5.75 Å². The lowest BCUT2D eigenvalue weighted by molar-refractivity contribution is -0.00520. The Morgan fingerprint density at radius 1 is 1.03 bits per heavy atom. The molecule has 2 aromatic carbocycles. The number of carbonyl (C=O) groups is 1. The molecule has 1 atom stereocenters. The molecule has 2 heterocycles. The Morgan fingerprint density at radius 2 is 1.79 bits per heavy atom. The summed E-state index contributed by atoms with van der Waals surface area (Å²) < 4.78 is 6.09. The van der Waals surface area contributed by atoms with Crippen LogP contribution in [0.15, 0.2) is 59.7 Å². The molecule has 5 aliphatic rings. The van der Waals surface area contributed by atoms with Crippen LogP contribution in [0.4, 0.5) is 0 Å². The van der Waals surface area contributed by atoms with Crippen LogP contribution >= 0.6 is 0 Å². The lowest BCUT2D eigenvalue weighted by atomic mass is 9.48. The zero-order chi connectivity index (χ0) is 25.5. The summed E-state index contributed by atoms with van der Waals surface area (Å²) in [5.74, 6) is 4.81. The third-order valence-corrected chi connectivity index (χ3v) is 9.37. The van der Waals surface area contributed by atoms with Gasteiger partial charge in [-0.3, -0.25) is 9.79 Å². The fourth-order valence-corrected chi connectivity index (χ4v) is 7.97. The smallest absolute Gasteiger partial charge is 0.251 e. The number of rotatable bonds is 9. The van der Waals surface area contributed by atoms with E-state index in [4.69, 9.17) is 4.74 Å². The minimum absolute atomic E-state index is 0.0672. The lowest BCUT2D eigenvalue weighted by Crippen LogP contribution is -2.48. The third-order valence-electron chi connectivity index (χ3n) is 9.37. The van der Waals surface area contributed by atoms with Gasteiger partial charge in [-0.1, -0.05) is 18.2 Å². The summed E-state index contributed by atoms with van der Waals surface area (Å²) in [4.78, 5) is 24.7. The third kappa shape index (κ3) is 4.65. The van der Waals surface area contributed by atoms with Crippen molar-refractivity contribution in [1.82, 2.24) is 15.3 Å². The van der Waals surface area contributed by atoms with Crippen molar-refractivity contribution in [3.63, 3.8) is 0 Å². The van der Waals surface area contributed by atoms with Crippen LogP contribution in [-0.2, 0) is 12.0 Å². The fourth-order valence-electron chi connectivity index (χ4n) is 7.97. The molecule has 38 heavy (non-hydrogen) atoms. The molecule has 4 fully saturated rings. The van der Waals surface area contributed by atoms with Crippen LogP contribution in [0, 0.1) is 23.7 Å². The normalized spacial score (nSPS) is 28.8. The number of carbonyl (C=O) groups excluding carboxylic acids is 1. The van der Waals surface area contributed by atoms with Gasteiger partial charge in [-0.25, -0.2) is 4.98 Å². The molecule has 6 heteroatoms. The summed E-state index contributed by atoms with van der Waals surface area (Å²) >= 11 is 0. The molecule has 0 saturated heterocycles. The van der Waals surface area contributed by atoms with Crippen molar-refractivity contribution in [2.75, 3.05) is 6.54 Å². The van der Waals surface area contributed by atoms with Crippen molar-refractivity contribution >= 4 is 23.2 Å². The number of amides is 1. The van der Waals surface area contributed by atoms with Crippen LogP contribution in [0.2, 0.25) is 0 Å². The minimum atomic E-state index is -0.0672. The van der Waals surface area contributed by atoms with E-state index in [0.717, 1.165) is 53.2 Å². The van der Waals surface area contributed by atoms with Gasteiger partial charge in [0.2, 0.25) is 0 Å². The van der Waals surface area contributed by atoms with E-state index in [2.05, 4.69) is 50.6 Å². The van der Waals surface area contributed by atoms with E-state index in [-0.39, 0.29) is 5.91 Å². The highest BCUT2D eigenvalue weighted by Gasteiger charge is 2.51. The zero-order valence-corrected chi connectivity index (χ0v) is 21.9. The number of aliphatic imine (C=N–C) groups is 1. The first kappa shape index (κ1) is 23.7. The van der Waals surface area contributed by atoms with E-state index >= 15 is 0 Å². The first-order valence-corrected chi connectivity index (χ1v) is 14.3. The molecular formula is C32H36N4O2. The van der Waals surface area contributed by atoms with E-state index in [1.807, 2.05) is 30.6 Å². The van der Waals surface area contributed by atoms with Gasteiger partial charge >= 0.3 is 0 Å².